The van der Waals surface area contributed by atoms with E-state index in [9.17, 15) is 49.2 Å². The summed E-state index contributed by atoms with van der Waals surface area (Å²) in [4.78, 5) is 76.8. The summed E-state index contributed by atoms with van der Waals surface area (Å²) in [6, 6.07) is 0. The molecule has 2 rings (SSSR count). The van der Waals surface area contributed by atoms with E-state index in [1.54, 1.807) is 48.6 Å². The SMILES string of the molecule is CC.CC.CC.CC.CC.CC.CN(C)CC(O)CO.CNc1c(C)c(C=O)c(C)c(C(=O)NCCNC(=O)c2c(C)c(NC(=O)C(O)CO)c(C)c(C(=O)N(C)CC(O)CO)c2C)c1C.O=CC(O)CO. The fraction of sp³-hybridized carbons (Fsp3) is 0.654. The number of hydrogen-bond acceptors (Lipinski definition) is 16. The largest absolute Gasteiger partial charge is 0.394 e. The molecule has 4 amide bonds. The molecule has 0 aliphatic rings. The molecule has 0 radical (unpaired) electrons. The van der Waals surface area contributed by atoms with Crippen molar-refractivity contribution in [2.45, 2.75) is 149 Å². The van der Waals surface area contributed by atoms with Crippen LogP contribution in [0.2, 0.25) is 0 Å². The van der Waals surface area contributed by atoms with Gasteiger partial charge in [-0.2, -0.15) is 0 Å². The Morgan fingerprint density at radius 2 is 0.917 bits per heavy atom. The number of nitrogens with zero attached hydrogens (tertiary/aromatic N) is 2. The minimum atomic E-state index is -1.75. The number of rotatable bonds is 19. The van der Waals surface area contributed by atoms with Crippen LogP contribution in [0.5, 0.6) is 0 Å². The average molecular weight is 1030 g/mol. The molecule has 0 bridgehead atoms. The maximum atomic E-state index is 13.6. The van der Waals surface area contributed by atoms with Gasteiger partial charge in [-0.25, -0.2) is 0 Å². The predicted molar refractivity (Wildman–Crippen MR) is 292 cm³/mol. The molecule has 4 unspecified atom stereocenters. The van der Waals surface area contributed by atoms with E-state index in [0.717, 1.165) is 5.56 Å². The number of hydrogen-bond donors (Lipinski definition) is 12. The molecule has 0 heterocycles. The Kier molecular flexibility index (Phi) is 56.0. The number of carbonyl (C=O) groups excluding carboxylic acids is 6. The number of nitrogens with one attached hydrogen (secondary N) is 4. The van der Waals surface area contributed by atoms with E-state index >= 15 is 0 Å². The van der Waals surface area contributed by atoms with Gasteiger partial charge in [-0.1, -0.05) is 83.1 Å². The van der Waals surface area contributed by atoms with Crippen LogP contribution >= 0.6 is 0 Å². The highest BCUT2D eigenvalue weighted by Gasteiger charge is 2.29. The molecule has 2 aromatic carbocycles. The fourth-order valence-electron chi connectivity index (χ4n) is 6.19. The first kappa shape index (κ1) is 81.2. The first-order valence-corrected chi connectivity index (χ1v) is 24.9. The van der Waals surface area contributed by atoms with Crippen LogP contribution in [0.3, 0.4) is 0 Å². The highest BCUT2D eigenvalue weighted by atomic mass is 16.3. The molecule has 422 valence electrons. The van der Waals surface area contributed by atoms with E-state index in [0.29, 0.717) is 40.8 Å². The summed E-state index contributed by atoms with van der Waals surface area (Å²) < 4.78 is 0. The number of aliphatic hydroxyl groups excluding tert-OH is 8. The number of aliphatic hydroxyl groups is 8. The standard InChI is InChI=1S/C32H45N5O9.C5H13NO2.C3H6O3.6C2H6/c1-15-22(13-39)16(2)27(33-7)18(4)24(15)30(44)34-9-10-35-31(45)25-17(3)26(32(46)37(8)11-21(41)12-38)20(6)28(19(25)5)36-29(43)23(42)14-40;1-6(2)3-5(8)4-7;4-1-3(6)2-5;6*1-2/h13,21,23,33,38,40-42H,9-12,14H2,1-8H3,(H,34,44)(H,35,45)(H,36,43);5,7-8H,3-4H2,1-2H3;1,3,5-6H,2H2;6*1-2H3. The van der Waals surface area contributed by atoms with Crippen molar-refractivity contribution < 1.29 is 69.6 Å². The van der Waals surface area contributed by atoms with Crippen LogP contribution in [-0.2, 0) is 9.59 Å². The first-order valence-electron chi connectivity index (χ1n) is 24.9. The van der Waals surface area contributed by atoms with E-state index in [1.807, 2.05) is 102 Å². The zero-order valence-electron chi connectivity index (χ0n) is 48.0. The lowest BCUT2D eigenvalue weighted by atomic mass is 9.89. The Bertz CT molecular complexity index is 1790. The molecule has 0 fully saturated rings. The minimum Gasteiger partial charge on any atom is -0.394 e. The zero-order valence-corrected chi connectivity index (χ0v) is 48.0. The van der Waals surface area contributed by atoms with Gasteiger partial charge >= 0.3 is 0 Å². The lowest BCUT2D eigenvalue weighted by molar-refractivity contribution is -0.125. The summed E-state index contributed by atoms with van der Waals surface area (Å²) in [5, 5.41) is 82.1. The van der Waals surface area contributed by atoms with Crippen molar-refractivity contribution in [3.05, 3.63) is 55.6 Å². The van der Waals surface area contributed by atoms with Crippen molar-refractivity contribution in [1.29, 1.82) is 0 Å². The maximum absolute atomic E-state index is 13.6. The molecule has 0 aliphatic carbocycles. The van der Waals surface area contributed by atoms with Gasteiger partial charge in [0, 0.05) is 73.9 Å². The van der Waals surface area contributed by atoms with Crippen LogP contribution in [-0.4, -0.2) is 192 Å². The first-order chi connectivity index (χ1) is 34.1. The molecule has 20 heteroatoms. The molecule has 2 aromatic rings. The van der Waals surface area contributed by atoms with E-state index in [1.165, 1.54) is 11.9 Å². The van der Waals surface area contributed by atoms with Crippen molar-refractivity contribution in [1.82, 2.24) is 20.4 Å². The molecule has 12 N–H and O–H groups in total. The van der Waals surface area contributed by atoms with Gasteiger partial charge in [0.05, 0.1) is 38.6 Å². The molecule has 0 saturated heterocycles. The van der Waals surface area contributed by atoms with E-state index in [-0.39, 0.29) is 66.0 Å². The summed E-state index contributed by atoms with van der Waals surface area (Å²) in [6.45, 7) is 32.2. The monoisotopic (exact) mass is 1030 g/mol. The molecule has 0 saturated carbocycles. The van der Waals surface area contributed by atoms with Crippen LogP contribution in [0.4, 0.5) is 11.4 Å². The van der Waals surface area contributed by atoms with Crippen LogP contribution in [0.1, 0.15) is 158 Å². The third-order valence-corrected chi connectivity index (χ3v) is 9.19. The number of anilines is 2. The lowest BCUT2D eigenvalue weighted by Gasteiger charge is -2.26. The van der Waals surface area contributed by atoms with E-state index in [4.69, 9.17) is 20.4 Å². The number of carbonyl (C=O) groups is 6. The second-order valence-corrected chi connectivity index (χ2v) is 14.1. The summed E-state index contributed by atoms with van der Waals surface area (Å²) in [5.41, 5.74) is 4.42. The number of amides is 4. The van der Waals surface area contributed by atoms with Gasteiger partial charge in [0.15, 0.2) is 18.7 Å². The van der Waals surface area contributed by atoms with Crippen molar-refractivity contribution in [2.24, 2.45) is 0 Å². The lowest BCUT2D eigenvalue weighted by Crippen LogP contribution is -2.38. The Morgan fingerprint density at radius 1 is 0.528 bits per heavy atom. The zero-order chi connectivity index (χ0) is 58.6. The van der Waals surface area contributed by atoms with Gasteiger partial charge in [0.1, 0.15) is 6.10 Å². The van der Waals surface area contributed by atoms with Crippen molar-refractivity contribution in [2.75, 3.05) is 91.4 Å². The molecule has 0 spiro atoms. The second kappa shape index (κ2) is 49.7. The number of aldehydes is 2. The Labute approximate surface area is 432 Å². The van der Waals surface area contributed by atoms with Crippen LogP contribution in [0.25, 0.3) is 0 Å². The summed E-state index contributed by atoms with van der Waals surface area (Å²) >= 11 is 0. The van der Waals surface area contributed by atoms with Gasteiger partial charge in [-0.3, -0.25) is 24.0 Å². The van der Waals surface area contributed by atoms with Crippen LogP contribution in [0.15, 0.2) is 0 Å². The third-order valence-electron chi connectivity index (χ3n) is 9.19. The van der Waals surface area contributed by atoms with Gasteiger partial charge < -0.3 is 76.7 Å². The maximum Gasteiger partial charge on any atom is 0.255 e. The van der Waals surface area contributed by atoms with Crippen LogP contribution < -0.4 is 21.3 Å². The normalized spacial score (nSPS) is 11.0. The smallest absolute Gasteiger partial charge is 0.255 e. The van der Waals surface area contributed by atoms with E-state index in [2.05, 4.69) is 21.3 Å². The van der Waals surface area contributed by atoms with Gasteiger partial charge in [0.2, 0.25) is 0 Å². The molecular weight excluding hydrogens is 933 g/mol. The number of benzene rings is 2. The molecular formula is C52H100N6O14. The quantitative estimate of drug-likeness (QED) is 0.0702. The highest BCUT2D eigenvalue weighted by molar-refractivity contribution is 6.08. The van der Waals surface area contributed by atoms with E-state index < -0.39 is 67.9 Å². The fourth-order valence-corrected chi connectivity index (χ4v) is 6.19. The second-order valence-electron chi connectivity index (χ2n) is 14.1. The van der Waals surface area contributed by atoms with Gasteiger partial charge in [0.25, 0.3) is 23.6 Å². The van der Waals surface area contributed by atoms with Gasteiger partial charge in [-0.15, -0.1) is 0 Å². The Hall–Kier alpha value is -4.90. The highest BCUT2D eigenvalue weighted by Crippen LogP contribution is 2.33. The summed E-state index contributed by atoms with van der Waals surface area (Å²) in [5.74, 6) is -2.59. The average Bonchev–Trinajstić information content (AvgIpc) is 3.39. The predicted octanol–water partition coefficient (Wildman–Crippen LogP) is 3.86. The van der Waals surface area contributed by atoms with Crippen molar-refractivity contribution >= 4 is 47.6 Å². The van der Waals surface area contributed by atoms with Crippen molar-refractivity contribution in [3.8, 4) is 0 Å². The molecule has 20 nitrogen and oxygen atoms in total. The Balaban J connectivity index is -0.000000270. The summed E-state index contributed by atoms with van der Waals surface area (Å²) in [7, 11) is 6.80. The molecule has 72 heavy (non-hydrogen) atoms. The van der Waals surface area contributed by atoms with Gasteiger partial charge in [-0.05, 0) is 89.0 Å². The third kappa shape index (κ3) is 29.0. The molecule has 4 atom stereocenters. The topological polar surface area (TPSA) is 319 Å². The molecule has 0 aromatic heterocycles. The Morgan fingerprint density at radius 3 is 1.24 bits per heavy atom. The van der Waals surface area contributed by atoms with Crippen molar-refractivity contribution in [3.63, 3.8) is 0 Å². The molecule has 0 aliphatic heterocycles. The summed E-state index contributed by atoms with van der Waals surface area (Å²) in [6.07, 6.45) is -3.76. The minimum absolute atomic E-state index is 0.0164. The van der Waals surface area contributed by atoms with Crippen LogP contribution in [0, 0.1) is 41.5 Å². The number of likely N-dealkylation sites (N-methyl/N-ethyl adjacent to an activating group) is 2.